The molecule has 1 aromatic carbocycles. The van der Waals surface area contributed by atoms with Gasteiger partial charge < -0.3 is 20.1 Å². The molecule has 132 valence electrons. The molecular weight excluding hydrogens is 328 g/mol. The van der Waals surface area contributed by atoms with Gasteiger partial charge in [0.25, 0.3) is 0 Å². The highest BCUT2D eigenvalue weighted by Crippen LogP contribution is 2.51. The van der Waals surface area contributed by atoms with Gasteiger partial charge >= 0.3 is 0 Å². The third-order valence-electron chi connectivity index (χ3n) is 5.73. The number of hydrogen-bond donors (Lipinski definition) is 1. The van der Waals surface area contributed by atoms with Gasteiger partial charge in [-0.25, -0.2) is 0 Å². The Morgan fingerprint density at radius 2 is 1.88 bits per heavy atom. The number of amides is 1. The van der Waals surface area contributed by atoms with Gasteiger partial charge in [-0.3, -0.25) is 4.79 Å². The molecule has 2 heterocycles. The summed E-state index contributed by atoms with van der Waals surface area (Å²) in [6.07, 6.45) is 4.68. The number of carbonyl (C=O) groups excluding carboxylic acids is 1. The van der Waals surface area contributed by atoms with Crippen molar-refractivity contribution in [1.29, 1.82) is 0 Å². The molecule has 0 bridgehead atoms. The molecule has 1 spiro atoms. The summed E-state index contributed by atoms with van der Waals surface area (Å²) in [5.74, 6) is 1.69. The van der Waals surface area contributed by atoms with Gasteiger partial charge in [-0.1, -0.05) is 12.8 Å². The summed E-state index contributed by atoms with van der Waals surface area (Å²) in [6.45, 7) is 4.12. The number of nitrogens with two attached hydrogens (primary N) is 1. The topological polar surface area (TPSA) is 64.8 Å². The van der Waals surface area contributed by atoms with Crippen molar-refractivity contribution in [2.75, 3.05) is 26.3 Å². The first-order valence-corrected chi connectivity index (χ1v) is 8.58. The molecule has 0 radical (unpaired) electrons. The number of nitrogens with zero attached hydrogens (tertiary/aromatic N) is 1. The molecule has 1 fully saturated rings. The number of rotatable bonds is 1. The number of hydrogen-bond acceptors (Lipinski definition) is 4. The first kappa shape index (κ1) is 17.4. The van der Waals surface area contributed by atoms with E-state index in [4.69, 9.17) is 15.2 Å². The van der Waals surface area contributed by atoms with Gasteiger partial charge in [0.05, 0.1) is 12.6 Å². The fourth-order valence-corrected chi connectivity index (χ4v) is 4.53. The molecule has 24 heavy (non-hydrogen) atoms. The van der Waals surface area contributed by atoms with Crippen molar-refractivity contribution in [3.8, 4) is 11.5 Å². The lowest BCUT2D eigenvalue weighted by Crippen LogP contribution is -2.50. The largest absolute Gasteiger partial charge is 0.486 e. The Kier molecular flexibility index (Phi) is 4.67. The van der Waals surface area contributed by atoms with Crippen LogP contribution in [0, 0.1) is 0 Å². The third-order valence-corrected chi connectivity index (χ3v) is 5.73. The minimum absolute atomic E-state index is 0. The van der Waals surface area contributed by atoms with E-state index in [0.717, 1.165) is 30.9 Å². The summed E-state index contributed by atoms with van der Waals surface area (Å²) in [6, 6.07) is 4.29. The van der Waals surface area contributed by atoms with E-state index in [9.17, 15) is 4.79 Å². The van der Waals surface area contributed by atoms with Crippen LogP contribution in [0.5, 0.6) is 11.5 Å². The average Bonchev–Trinajstić information content (AvgIpc) is 3.06. The van der Waals surface area contributed by atoms with Gasteiger partial charge in [0, 0.05) is 12.0 Å². The van der Waals surface area contributed by atoms with E-state index in [1.54, 1.807) is 0 Å². The number of ether oxygens (including phenoxy) is 2. The highest BCUT2D eigenvalue weighted by atomic mass is 35.5. The van der Waals surface area contributed by atoms with E-state index in [1.165, 1.54) is 24.0 Å². The molecule has 6 heteroatoms. The monoisotopic (exact) mass is 352 g/mol. The van der Waals surface area contributed by atoms with Crippen LogP contribution in [-0.2, 0) is 10.2 Å². The summed E-state index contributed by atoms with van der Waals surface area (Å²) in [5, 5.41) is 0. The second-order valence-electron chi connectivity index (χ2n) is 6.97. The second-order valence-corrected chi connectivity index (χ2v) is 6.97. The summed E-state index contributed by atoms with van der Waals surface area (Å²) in [7, 11) is 0. The minimum Gasteiger partial charge on any atom is -0.486 e. The predicted octanol–water partition coefficient (Wildman–Crippen LogP) is 2.55. The van der Waals surface area contributed by atoms with Crippen LogP contribution in [0.3, 0.4) is 0 Å². The van der Waals surface area contributed by atoms with Crippen LogP contribution in [0.4, 0.5) is 0 Å². The number of carbonyl (C=O) groups is 1. The van der Waals surface area contributed by atoms with Crippen molar-refractivity contribution in [1.82, 2.24) is 4.90 Å². The van der Waals surface area contributed by atoms with Gasteiger partial charge in [-0.05, 0) is 43.0 Å². The highest BCUT2D eigenvalue weighted by Gasteiger charge is 2.46. The zero-order valence-electron chi connectivity index (χ0n) is 14.0. The van der Waals surface area contributed by atoms with Crippen LogP contribution < -0.4 is 15.2 Å². The van der Waals surface area contributed by atoms with Gasteiger partial charge in [0.1, 0.15) is 13.2 Å². The fraction of sp³-hybridized carbons (Fsp3) is 0.611. The van der Waals surface area contributed by atoms with Crippen LogP contribution in [-0.4, -0.2) is 37.1 Å². The Bertz CT molecular complexity index is 643. The molecule has 1 aromatic rings. The van der Waals surface area contributed by atoms with Gasteiger partial charge in [-0.15, -0.1) is 12.4 Å². The number of fused-ring (bicyclic) bond motifs is 3. The molecule has 4 rings (SSSR count). The number of benzene rings is 1. The zero-order valence-corrected chi connectivity index (χ0v) is 14.9. The van der Waals surface area contributed by atoms with Crippen molar-refractivity contribution in [3.63, 3.8) is 0 Å². The predicted molar refractivity (Wildman–Crippen MR) is 94.0 cm³/mol. The Morgan fingerprint density at radius 3 is 2.50 bits per heavy atom. The normalized spacial score (nSPS) is 23.6. The Balaban J connectivity index is 0.00000169. The molecule has 0 saturated heterocycles. The Labute approximate surface area is 148 Å². The van der Waals surface area contributed by atoms with Crippen LogP contribution in [0.15, 0.2) is 12.1 Å². The maximum absolute atomic E-state index is 12.4. The van der Waals surface area contributed by atoms with Gasteiger partial charge in [-0.2, -0.15) is 0 Å². The highest BCUT2D eigenvalue weighted by molar-refractivity contribution is 5.85. The second kappa shape index (κ2) is 6.45. The minimum atomic E-state index is 0. The standard InChI is InChI=1S/C18H24N2O3.ClH/c1-12-13-8-15-16(23-7-6-22-15)9-14(13)18(4-2-3-5-18)11-20(12)17(21)10-19;/h8-9,12H,2-7,10-11,19H2,1H3;1H. The van der Waals surface area contributed by atoms with Crippen LogP contribution in [0.1, 0.15) is 49.8 Å². The summed E-state index contributed by atoms with van der Waals surface area (Å²) < 4.78 is 11.6. The van der Waals surface area contributed by atoms with Crippen LogP contribution in [0.25, 0.3) is 0 Å². The molecule has 2 N–H and O–H groups in total. The average molecular weight is 353 g/mol. The first-order chi connectivity index (χ1) is 11.1. The molecule has 5 nitrogen and oxygen atoms in total. The Hall–Kier alpha value is -1.46. The Morgan fingerprint density at radius 1 is 1.25 bits per heavy atom. The molecule has 1 unspecified atom stereocenters. The molecule has 1 amide bonds. The van der Waals surface area contributed by atoms with E-state index in [-0.39, 0.29) is 36.3 Å². The number of halogens is 1. The molecular formula is C18H25ClN2O3. The van der Waals surface area contributed by atoms with E-state index >= 15 is 0 Å². The quantitative estimate of drug-likeness (QED) is 0.843. The van der Waals surface area contributed by atoms with E-state index in [0.29, 0.717) is 13.2 Å². The van der Waals surface area contributed by atoms with Crippen molar-refractivity contribution in [3.05, 3.63) is 23.3 Å². The van der Waals surface area contributed by atoms with Crippen LogP contribution >= 0.6 is 12.4 Å². The molecule has 1 aliphatic carbocycles. The molecule has 1 atom stereocenters. The first-order valence-electron chi connectivity index (χ1n) is 8.58. The van der Waals surface area contributed by atoms with E-state index in [2.05, 4.69) is 19.1 Å². The third kappa shape index (κ3) is 2.54. The van der Waals surface area contributed by atoms with Crippen molar-refractivity contribution < 1.29 is 14.3 Å². The molecule has 1 saturated carbocycles. The lowest BCUT2D eigenvalue weighted by Gasteiger charge is -2.46. The van der Waals surface area contributed by atoms with Gasteiger partial charge in [0.15, 0.2) is 11.5 Å². The fourth-order valence-electron chi connectivity index (χ4n) is 4.53. The maximum Gasteiger partial charge on any atom is 0.236 e. The lowest BCUT2D eigenvalue weighted by molar-refractivity contribution is -0.133. The maximum atomic E-state index is 12.4. The van der Waals surface area contributed by atoms with Crippen LogP contribution in [0.2, 0.25) is 0 Å². The summed E-state index contributed by atoms with van der Waals surface area (Å²) in [4.78, 5) is 14.3. The smallest absolute Gasteiger partial charge is 0.236 e. The van der Waals surface area contributed by atoms with E-state index in [1.807, 2.05) is 4.90 Å². The molecule has 0 aromatic heterocycles. The summed E-state index contributed by atoms with van der Waals surface area (Å²) >= 11 is 0. The van der Waals surface area contributed by atoms with Gasteiger partial charge in [0.2, 0.25) is 5.91 Å². The lowest BCUT2D eigenvalue weighted by atomic mass is 9.71. The zero-order chi connectivity index (χ0) is 16.0. The van der Waals surface area contributed by atoms with E-state index < -0.39 is 0 Å². The summed E-state index contributed by atoms with van der Waals surface area (Å²) in [5.41, 5.74) is 8.26. The molecule has 2 aliphatic heterocycles. The molecule has 3 aliphatic rings. The van der Waals surface area contributed by atoms with Crippen molar-refractivity contribution >= 4 is 18.3 Å². The van der Waals surface area contributed by atoms with Crippen molar-refractivity contribution in [2.45, 2.75) is 44.1 Å². The van der Waals surface area contributed by atoms with Crippen molar-refractivity contribution in [2.24, 2.45) is 5.73 Å². The SMILES string of the molecule is CC1c2cc3c(cc2C2(CCCC2)CN1C(=O)CN)OCCO3.Cl.